The van der Waals surface area contributed by atoms with Crippen LogP contribution in [0.4, 0.5) is 17.3 Å². The Kier molecular flexibility index (Phi) is 4.48. The van der Waals surface area contributed by atoms with Crippen LogP contribution in [0.5, 0.6) is 0 Å². The highest BCUT2D eigenvalue weighted by atomic mass is 35.5. The largest absolute Gasteiger partial charge is 0.355 e. The number of carbonyl (C=O) groups is 1. The van der Waals surface area contributed by atoms with Crippen LogP contribution in [0.25, 0.3) is 11.0 Å². The van der Waals surface area contributed by atoms with Crippen molar-refractivity contribution >= 4 is 53.0 Å². The molecule has 0 amide bonds. The number of fused-ring (bicyclic) bond motifs is 1. The minimum Gasteiger partial charge on any atom is -0.355 e. The topological polar surface area (TPSA) is 73.4 Å². The number of imidazole rings is 1. The van der Waals surface area contributed by atoms with E-state index >= 15 is 0 Å². The molecule has 1 heterocycles. The second-order valence-corrected chi connectivity index (χ2v) is 5.74. The first kappa shape index (κ1) is 16.0. The van der Waals surface area contributed by atoms with Crippen molar-refractivity contribution in [2.24, 2.45) is 4.99 Å². The highest BCUT2D eigenvalue weighted by Crippen LogP contribution is 2.28. The third-order valence-electron chi connectivity index (χ3n) is 3.64. The highest BCUT2D eigenvalue weighted by Gasteiger charge is 2.09. The zero-order chi connectivity index (χ0) is 17.1. The van der Waals surface area contributed by atoms with Gasteiger partial charge in [-0.05, 0) is 43.1 Å². The third-order valence-corrected chi connectivity index (χ3v) is 3.88. The zero-order valence-corrected chi connectivity index (χ0v) is 13.8. The van der Waals surface area contributed by atoms with Gasteiger partial charge in [0.2, 0.25) is 5.95 Å². The van der Waals surface area contributed by atoms with E-state index < -0.39 is 0 Å². The Morgan fingerprint density at radius 2 is 2.21 bits per heavy atom. The number of benzene rings is 2. The molecular formula is C17H16ClN5O. The Labute approximate surface area is 144 Å². The smallest absolute Gasteiger partial charge is 0.202 e. The molecule has 6 nitrogen and oxygen atoms in total. The van der Waals surface area contributed by atoms with Gasteiger partial charge in [-0.25, -0.2) is 4.98 Å². The maximum Gasteiger partial charge on any atom is 0.202 e. The number of aromatic amines is 1. The molecule has 0 aliphatic carbocycles. The van der Waals surface area contributed by atoms with Gasteiger partial charge in [0, 0.05) is 17.6 Å². The van der Waals surface area contributed by atoms with Crippen molar-refractivity contribution in [2.45, 2.75) is 0 Å². The number of aromatic nitrogens is 2. The van der Waals surface area contributed by atoms with E-state index in [1.165, 1.54) is 0 Å². The second kappa shape index (κ2) is 6.72. The van der Waals surface area contributed by atoms with Gasteiger partial charge in [0.1, 0.15) is 6.29 Å². The lowest BCUT2D eigenvalue weighted by Crippen LogP contribution is -2.25. The summed E-state index contributed by atoms with van der Waals surface area (Å²) in [6.45, 7) is 4.06. The summed E-state index contributed by atoms with van der Waals surface area (Å²) >= 11 is 5.98. The Balaban J connectivity index is 1.75. The number of anilines is 2. The Bertz CT molecular complexity index is 905. The number of H-pyrrole nitrogens is 1. The number of rotatable bonds is 6. The van der Waals surface area contributed by atoms with Crippen molar-refractivity contribution < 1.29 is 4.79 Å². The predicted octanol–water partition coefficient (Wildman–Crippen LogP) is 3.87. The van der Waals surface area contributed by atoms with E-state index in [9.17, 15) is 4.79 Å². The lowest BCUT2D eigenvalue weighted by Gasteiger charge is -2.21. The maximum atomic E-state index is 10.9. The van der Waals surface area contributed by atoms with Crippen LogP contribution in [0.2, 0.25) is 5.02 Å². The van der Waals surface area contributed by atoms with Crippen molar-refractivity contribution in [1.82, 2.24) is 9.97 Å². The monoisotopic (exact) mass is 341 g/mol. The fourth-order valence-corrected chi connectivity index (χ4v) is 2.58. The minimum atomic E-state index is 0.497. The molecular weight excluding hydrogens is 326 g/mol. The summed E-state index contributed by atoms with van der Waals surface area (Å²) in [6.07, 6.45) is 0.788. The molecule has 0 bridgehead atoms. The normalized spacial score (nSPS) is 10.6. The van der Waals surface area contributed by atoms with Crippen molar-refractivity contribution in [3.8, 4) is 0 Å². The lowest BCUT2D eigenvalue weighted by molar-refractivity contribution is 0.112. The van der Waals surface area contributed by atoms with Crippen LogP contribution in [0.1, 0.15) is 10.4 Å². The van der Waals surface area contributed by atoms with Crippen LogP contribution in [0.3, 0.4) is 0 Å². The third kappa shape index (κ3) is 3.23. The van der Waals surface area contributed by atoms with E-state index in [-0.39, 0.29) is 0 Å². The fraction of sp³-hybridized carbons (Fsp3) is 0.118. The number of hydrogen-bond acceptors (Lipinski definition) is 5. The van der Waals surface area contributed by atoms with Crippen LogP contribution in [-0.4, -0.2) is 36.7 Å². The molecule has 122 valence electrons. The van der Waals surface area contributed by atoms with Gasteiger partial charge in [0.15, 0.2) is 0 Å². The van der Waals surface area contributed by atoms with Crippen LogP contribution in [0, 0.1) is 0 Å². The molecule has 2 aromatic carbocycles. The number of aliphatic imine (C=N–C) groups is 1. The Hall–Kier alpha value is -2.86. The van der Waals surface area contributed by atoms with Crippen molar-refractivity contribution in [2.75, 3.05) is 23.9 Å². The molecule has 24 heavy (non-hydrogen) atoms. The van der Waals surface area contributed by atoms with E-state index in [1.807, 2.05) is 30.1 Å². The van der Waals surface area contributed by atoms with Gasteiger partial charge in [0.25, 0.3) is 0 Å². The number of halogens is 1. The Morgan fingerprint density at radius 1 is 1.38 bits per heavy atom. The first-order valence-electron chi connectivity index (χ1n) is 7.27. The molecule has 2 N–H and O–H groups in total. The molecule has 0 spiro atoms. The molecule has 0 aliphatic heterocycles. The van der Waals surface area contributed by atoms with Crippen molar-refractivity contribution in [3.63, 3.8) is 0 Å². The summed E-state index contributed by atoms with van der Waals surface area (Å²) in [5.74, 6) is 0.650. The zero-order valence-electron chi connectivity index (χ0n) is 13.1. The van der Waals surface area contributed by atoms with Gasteiger partial charge in [-0.2, -0.15) is 0 Å². The number of nitrogens with one attached hydrogen (secondary N) is 2. The van der Waals surface area contributed by atoms with E-state index in [0.29, 0.717) is 28.9 Å². The number of hydrogen-bond donors (Lipinski definition) is 2. The van der Waals surface area contributed by atoms with E-state index in [0.717, 1.165) is 23.0 Å². The molecule has 0 radical (unpaired) electrons. The van der Waals surface area contributed by atoms with Crippen LogP contribution < -0.4 is 10.2 Å². The van der Waals surface area contributed by atoms with E-state index in [2.05, 4.69) is 27.0 Å². The average Bonchev–Trinajstić information content (AvgIpc) is 3.00. The highest BCUT2D eigenvalue weighted by molar-refractivity contribution is 6.31. The summed E-state index contributed by atoms with van der Waals surface area (Å²) in [6, 6.07) is 10.8. The first-order chi connectivity index (χ1) is 11.6. The molecule has 0 saturated carbocycles. The summed E-state index contributed by atoms with van der Waals surface area (Å²) in [4.78, 5) is 24.4. The maximum absolute atomic E-state index is 10.9. The van der Waals surface area contributed by atoms with Gasteiger partial charge in [-0.15, -0.1) is 0 Å². The first-order valence-corrected chi connectivity index (χ1v) is 7.65. The summed E-state index contributed by atoms with van der Waals surface area (Å²) < 4.78 is 0. The standard InChI is InChI=1S/C17H16ClN5O/c1-19-15-7-11(9-24)3-6-16(15)23(2)10-20-17-21-13-5-4-12(18)8-14(13)22-17/h3-9H,1,10H2,2H3,(H2,20,21,22). The summed E-state index contributed by atoms with van der Waals surface area (Å²) in [7, 11) is 1.91. The molecule has 0 fully saturated rings. The molecule has 1 aromatic heterocycles. The van der Waals surface area contributed by atoms with Gasteiger partial charge < -0.3 is 15.2 Å². The van der Waals surface area contributed by atoms with Crippen molar-refractivity contribution in [1.29, 1.82) is 0 Å². The fourth-order valence-electron chi connectivity index (χ4n) is 2.41. The molecule has 7 heteroatoms. The quantitative estimate of drug-likeness (QED) is 0.405. The van der Waals surface area contributed by atoms with Gasteiger partial charge in [0.05, 0.1) is 29.1 Å². The van der Waals surface area contributed by atoms with Crippen LogP contribution in [-0.2, 0) is 0 Å². The van der Waals surface area contributed by atoms with E-state index in [1.54, 1.807) is 18.2 Å². The minimum absolute atomic E-state index is 0.497. The van der Waals surface area contributed by atoms with Crippen LogP contribution >= 0.6 is 11.6 Å². The lowest BCUT2D eigenvalue weighted by atomic mass is 10.2. The van der Waals surface area contributed by atoms with Crippen molar-refractivity contribution in [3.05, 3.63) is 47.0 Å². The number of aldehydes is 1. The Morgan fingerprint density at radius 3 is 2.96 bits per heavy atom. The molecule has 0 unspecified atom stereocenters. The van der Waals surface area contributed by atoms with Gasteiger partial charge in [-0.1, -0.05) is 11.6 Å². The molecule has 0 saturated heterocycles. The average molecular weight is 342 g/mol. The molecule has 0 atom stereocenters. The second-order valence-electron chi connectivity index (χ2n) is 5.30. The SMILES string of the molecule is C=Nc1cc(C=O)ccc1N(C)CNc1nc2ccc(Cl)cc2[nH]1. The predicted molar refractivity (Wildman–Crippen MR) is 99.0 cm³/mol. The summed E-state index contributed by atoms with van der Waals surface area (Å²) in [5.41, 5.74) is 3.80. The summed E-state index contributed by atoms with van der Waals surface area (Å²) in [5, 5.41) is 3.88. The number of nitrogens with zero attached hydrogens (tertiary/aromatic N) is 3. The molecule has 0 aliphatic rings. The molecule has 3 rings (SSSR count). The molecule has 3 aromatic rings. The van der Waals surface area contributed by atoms with Gasteiger partial charge in [-0.3, -0.25) is 9.79 Å². The van der Waals surface area contributed by atoms with Crippen LogP contribution in [0.15, 0.2) is 41.4 Å². The van der Waals surface area contributed by atoms with Gasteiger partial charge >= 0.3 is 0 Å². The van der Waals surface area contributed by atoms with E-state index in [4.69, 9.17) is 11.6 Å². The number of carbonyl (C=O) groups excluding carboxylic acids is 1.